The summed E-state index contributed by atoms with van der Waals surface area (Å²) in [5.74, 6) is 0.658. The fourth-order valence-electron chi connectivity index (χ4n) is 1.22. The topological polar surface area (TPSA) is 38.3 Å². The van der Waals surface area contributed by atoms with Crippen molar-refractivity contribution >= 4 is 17.5 Å². The first kappa shape index (κ1) is 13.6. The van der Waals surface area contributed by atoms with E-state index >= 15 is 0 Å². The molecule has 0 aliphatic rings. The van der Waals surface area contributed by atoms with Gasteiger partial charge in [-0.1, -0.05) is 23.7 Å². The summed E-state index contributed by atoms with van der Waals surface area (Å²) in [5.41, 5.74) is 0. The normalized spacial score (nSPS) is 9.71. The molecule has 1 aromatic carbocycles. The quantitative estimate of drug-likeness (QED) is 0.599. The monoisotopic (exact) mass is 253 g/mol. The summed E-state index contributed by atoms with van der Waals surface area (Å²) in [6, 6.07) is 7.11. The van der Waals surface area contributed by atoms with Gasteiger partial charge in [0, 0.05) is 11.6 Å². The second-order valence-electron chi connectivity index (χ2n) is 3.48. The molecule has 0 heterocycles. The summed E-state index contributed by atoms with van der Waals surface area (Å²) < 4.78 is 5.40. The van der Waals surface area contributed by atoms with Crippen molar-refractivity contribution in [1.82, 2.24) is 5.32 Å². The SMILES string of the molecule is C=CCCNC(=O)CCOc1cccc(Cl)c1. The van der Waals surface area contributed by atoms with Gasteiger partial charge in [-0.2, -0.15) is 0 Å². The van der Waals surface area contributed by atoms with Gasteiger partial charge in [-0.25, -0.2) is 0 Å². The maximum atomic E-state index is 11.3. The molecular weight excluding hydrogens is 238 g/mol. The molecule has 0 radical (unpaired) electrons. The fraction of sp³-hybridized carbons (Fsp3) is 0.308. The number of amides is 1. The maximum Gasteiger partial charge on any atom is 0.223 e. The second-order valence-corrected chi connectivity index (χ2v) is 3.92. The van der Waals surface area contributed by atoms with Crippen LogP contribution in [0.3, 0.4) is 0 Å². The molecule has 0 aliphatic carbocycles. The third-order valence-corrected chi connectivity index (χ3v) is 2.30. The Morgan fingerprint density at radius 2 is 2.35 bits per heavy atom. The fourth-order valence-corrected chi connectivity index (χ4v) is 1.40. The van der Waals surface area contributed by atoms with Crippen molar-refractivity contribution in [3.63, 3.8) is 0 Å². The molecular formula is C13H16ClNO2. The number of hydrogen-bond donors (Lipinski definition) is 1. The van der Waals surface area contributed by atoms with Crippen LogP contribution in [0.15, 0.2) is 36.9 Å². The maximum absolute atomic E-state index is 11.3. The number of carbonyl (C=O) groups is 1. The Bertz CT molecular complexity index is 379. The Balaban J connectivity index is 2.19. The highest BCUT2D eigenvalue weighted by atomic mass is 35.5. The van der Waals surface area contributed by atoms with Crippen LogP contribution in [-0.2, 0) is 4.79 Å². The van der Waals surface area contributed by atoms with Crippen molar-refractivity contribution in [3.8, 4) is 5.75 Å². The van der Waals surface area contributed by atoms with Crippen molar-refractivity contribution in [2.75, 3.05) is 13.2 Å². The van der Waals surface area contributed by atoms with Crippen LogP contribution in [0.5, 0.6) is 5.75 Å². The van der Waals surface area contributed by atoms with Gasteiger partial charge in [0.25, 0.3) is 0 Å². The Morgan fingerprint density at radius 1 is 1.53 bits per heavy atom. The van der Waals surface area contributed by atoms with Crippen LogP contribution in [0.4, 0.5) is 0 Å². The lowest BCUT2D eigenvalue weighted by atomic mass is 10.3. The van der Waals surface area contributed by atoms with Gasteiger partial charge < -0.3 is 10.1 Å². The van der Waals surface area contributed by atoms with Gasteiger partial charge in [-0.05, 0) is 24.6 Å². The first-order valence-electron chi connectivity index (χ1n) is 5.48. The molecule has 0 bridgehead atoms. The molecule has 1 N–H and O–H groups in total. The lowest BCUT2D eigenvalue weighted by Gasteiger charge is -2.06. The Labute approximate surface area is 106 Å². The summed E-state index contributed by atoms with van der Waals surface area (Å²) in [5, 5.41) is 3.39. The summed E-state index contributed by atoms with van der Waals surface area (Å²) in [6.45, 7) is 4.55. The highest BCUT2D eigenvalue weighted by Crippen LogP contribution is 2.16. The highest BCUT2D eigenvalue weighted by Gasteiger charge is 2.01. The van der Waals surface area contributed by atoms with E-state index in [1.165, 1.54) is 0 Å². The van der Waals surface area contributed by atoms with Gasteiger partial charge in [0.1, 0.15) is 5.75 Å². The van der Waals surface area contributed by atoms with E-state index in [1.54, 1.807) is 18.2 Å². The summed E-state index contributed by atoms with van der Waals surface area (Å²) in [7, 11) is 0. The van der Waals surface area contributed by atoms with Crippen LogP contribution in [0.25, 0.3) is 0 Å². The molecule has 0 saturated heterocycles. The van der Waals surface area contributed by atoms with Crippen LogP contribution in [0.1, 0.15) is 12.8 Å². The predicted molar refractivity (Wildman–Crippen MR) is 69.4 cm³/mol. The van der Waals surface area contributed by atoms with Crippen molar-refractivity contribution in [2.45, 2.75) is 12.8 Å². The minimum absolute atomic E-state index is 0.0196. The van der Waals surface area contributed by atoms with E-state index in [0.29, 0.717) is 30.3 Å². The number of nitrogens with one attached hydrogen (secondary N) is 1. The van der Waals surface area contributed by atoms with Crippen LogP contribution in [0, 0.1) is 0 Å². The van der Waals surface area contributed by atoms with E-state index in [4.69, 9.17) is 16.3 Å². The van der Waals surface area contributed by atoms with Crippen molar-refractivity contribution in [3.05, 3.63) is 41.9 Å². The number of ether oxygens (including phenoxy) is 1. The molecule has 0 aliphatic heterocycles. The summed E-state index contributed by atoms with van der Waals surface area (Å²) in [6.07, 6.45) is 2.88. The average Bonchev–Trinajstić information content (AvgIpc) is 2.29. The molecule has 92 valence electrons. The van der Waals surface area contributed by atoms with Gasteiger partial charge in [0.2, 0.25) is 5.91 Å². The zero-order valence-corrected chi connectivity index (χ0v) is 10.4. The molecule has 1 amide bonds. The molecule has 0 atom stereocenters. The molecule has 1 rings (SSSR count). The summed E-state index contributed by atoms with van der Waals surface area (Å²) in [4.78, 5) is 11.3. The highest BCUT2D eigenvalue weighted by molar-refractivity contribution is 6.30. The Morgan fingerprint density at radius 3 is 3.06 bits per heavy atom. The van der Waals surface area contributed by atoms with E-state index in [1.807, 2.05) is 12.1 Å². The van der Waals surface area contributed by atoms with Crippen molar-refractivity contribution in [2.24, 2.45) is 0 Å². The Hall–Kier alpha value is -1.48. The lowest BCUT2D eigenvalue weighted by Crippen LogP contribution is -2.25. The first-order chi connectivity index (χ1) is 8.22. The Kier molecular flexibility index (Phi) is 6.18. The third kappa shape index (κ3) is 5.97. The standard InChI is InChI=1S/C13H16ClNO2/c1-2-3-8-15-13(16)7-9-17-12-6-4-5-11(14)10-12/h2,4-6,10H,1,3,7-9H2,(H,15,16). The van der Waals surface area contributed by atoms with Crippen LogP contribution >= 0.6 is 11.6 Å². The van der Waals surface area contributed by atoms with Gasteiger partial charge in [-0.3, -0.25) is 4.79 Å². The van der Waals surface area contributed by atoms with Gasteiger partial charge >= 0.3 is 0 Å². The number of rotatable bonds is 7. The van der Waals surface area contributed by atoms with Gasteiger partial charge in [-0.15, -0.1) is 6.58 Å². The zero-order valence-electron chi connectivity index (χ0n) is 9.62. The van der Waals surface area contributed by atoms with Crippen molar-refractivity contribution in [1.29, 1.82) is 0 Å². The van der Waals surface area contributed by atoms with E-state index in [0.717, 1.165) is 6.42 Å². The number of halogens is 1. The minimum Gasteiger partial charge on any atom is -0.493 e. The number of carbonyl (C=O) groups excluding carboxylic acids is 1. The molecule has 17 heavy (non-hydrogen) atoms. The minimum atomic E-state index is -0.0196. The first-order valence-corrected chi connectivity index (χ1v) is 5.86. The van der Waals surface area contributed by atoms with E-state index < -0.39 is 0 Å². The number of hydrogen-bond acceptors (Lipinski definition) is 2. The molecule has 0 saturated carbocycles. The smallest absolute Gasteiger partial charge is 0.223 e. The van der Waals surface area contributed by atoms with Crippen LogP contribution in [0.2, 0.25) is 5.02 Å². The summed E-state index contributed by atoms with van der Waals surface area (Å²) >= 11 is 5.80. The van der Waals surface area contributed by atoms with Crippen molar-refractivity contribution < 1.29 is 9.53 Å². The van der Waals surface area contributed by atoms with Crippen LogP contribution in [-0.4, -0.2) is 19.1 Å². The molecule has 1 aromatic rings. The van der Waals surface area contributed by atoms with Gasteiger partial charge in [0.05, 0.1) is 13.0 Å². The van der Waals surface area contributed by atoms with E-state index in [-0.39, 0.29) is 5.91 Å². The predicted octanol–water partition coefficient (Wildman–Crippen LogP) is 2.80. The zero-order chi connectivity index (χ0) is 12.5. The molecule has 4 heteroatoms. The molecule has 0 aromatic heterocycles. The second kappa shape index (κ2) is 7.74. The van der Waals surface area contributed by atoms with Gasteiger partial charge in [0.15, 0.2) is 0 Å². The molecule has 0 unspecified atom stereocenters. The molecule has 0 spiro atoms. The van der Waals surface area contributed by atoms with E-state index in [2.05, 4.69) is 11.9 Å². The lowest BCUT2D eigenvalue weighted by molar-refractivity contribution is -0.121. The average molecular weight is 254 g/mol. The molecule has 3 nitrogen and oxygen atoms in total. The number of benzene rings is 1. The van der Waals surface area contributed by atoms with E-state index in [9.17, 15) is 4.79 Å². The molecule has 0 fully saturated rings. The van der Waals surface area contributed by atoms with Crippen LogP contribution < -0.4 is 10.1 Å². The largest absolute Gasteiger partial charge is 0.493 e. The third-order valence-electron chi connectivity index (χ3n) is 2.06.